The summed E-state index contributed by atoms with van der Waals surface area (Å²) in [5.41, 5.74) is 7.42. The standard InChI is InChI=1S/C13H23N3S/c1-9(12-10(2)16-11(3)17-12)15-8-13(7-14)5-4-6-13/h9,15H,4-8,14H2,1-3H3. The van der Waals surface area contributed by atoms with Crippen LogP contribution in [0.4, 0.5) is 0 Å². The molecule has 0 aromatic carbocycles. The third-order valence-electron chi connectivity index (χ3n) is 3.96. The zero-order chi connectivity index (χ0) is 12.5. The summed E-state index contributed by atoms with van der Waals surface area (Å²) < 4.78 is 0. The molecule has 0 saturated heterocycles. The van der Waals surface area contributed by atoms with Crippen molar-refractivity contribution in [2.75, 3.05) is 13.1 Å². The first-order valence-electron chi connectivity index (χ1n) is 6.44. The van der Waals surface area contributed by atoms with Crippen LogP contribution in [-0.2, 0) is 0 Å². The fourth-order valence-electron chi connectivity index (χ4n) is 2.54. The summed E-state index contributed by atoms with van der Waals surface area (Å²) in [7, 11) is 0. The van der Waals surface area contributed by atoms with E-state index < -0.39 is 0 Å². The van der Waals surface area contributed by atoms with Gasteiger partial charge in [-0.15, -0.1) is 11.3 Å². The molecule has 1 aliphatic rings. The van der Waals surface area contributed by atoms with Crippen molar-refractivity contribution < 1.29 is 0 Å². The van der Waals surface area contributed by atoms with Crippen molar-refractivity contribution in [3.63, 3.8) is 0 Å². The lowest BCUT2D eigenvalue weighted by Crippen LogP contribution is -2.45. The number of nitrogens with two attached hydrogens (primary N) is 1. The van der Waals surface area contributed by atoms with Crippen LogP contribution in [0.2, 0.25) is 0 Å². The molecule has 17 heavy (non-hydrogen) atoms. The van der Waals surface area contributed by atoms with E-state index in [2.05, 4.69) is 31.1 Å². The molecule has 0 spiro atoms. The van der Waals surface area contributed by atoms with Crippen LogP contribution in [0.3, 0.4) is 0 Å². The number of aryl methyl sites for hydroxylation is 2. The quantitative estimate of drug-likeness (QED) is 0.848. The molecule has 1 aromatic heterocycles. The molecule has 1 unspecified atom stereocenters. The Bertz CT molecular complexity index is 377. The maximum atomic E-state index is 5.88. The largest absolute Gasteiger partial charge is 0.330 e. The first-order valence-corrected chi connectivity index (χ1v) is 7.25. The highest BCUT2D eigenvalue weighted by Gasteiger charge is 2.35. The second-order valence-electron chi connectivity index (χ2n) is 5.34. The first-order chi connectivity index (χ1) is 8.06. The fourth-order valence-corrected chi connectivity index (χ4v) is 3.50. The topological polar surface area (TPSA) is 50.9 Å². The molecule has 1 heterocycles. The van der Waals surface area contributed by atoms with Crippen LogP contribution in [0, 0.1) is 19.3 Å². The molecule has 0 radical (unpaired) electrons. The lowest BCUT2D eigenvalue weighted by atomic mass is 9.69. The molecule has 0 bridgehead atoms. The lowest BCUT2D eigenvalue weighted by molar-refractivity contribution is 0.137. The molecule has 4 heteroatoms. The second-order valence-corrected chi connectivity index (χ2v) is 6.58. The van der Waals surface area contributed by atoms with Gasteiger partial charge in [0.2, 0.25) is 0 Å². The third-order valence-corrected chi connectivity index (χ3v) is 5.22. The summed E-state index contributed by atoms with van der Waals surface area (Å²) in [6, 6.07) is 0.394. The van der Waals surface area contributed by atoms with Gasteiger partial charge in [-0.25, -0.2) is 4.98 Å². The Kier molecular flexibility index (Phi) is 3.85. The van der Waals surface area contributed by atoms with E-state index in [4.69, 9.17) is 5.73 Å². The van der Waals surface area contributed by atoms with E-state index in [1.165, 1.54) is 29.8 Å². The zero-order valence-corrected chi connectivity index (χ0v) is 11.9. The number of hydrogen-bond acceptors (Lipinski definition) is 4. The van der Waals surface area contributed by atoms with Gasteiger partial charge in [-0.05, 0) is 45.6 Å². The van der Waals surface area contributed by atoms with Crippen molar-refractivity contribution >= 4 is 11.3 Å². The van der Waals surface area contributed by atoms with E-state index >= 15 is 0 Å². The summed E-state index contributed by atoms with van der Waals surface area (Å²) >= 11 is 1.80. The minimum atomic E-state index is 0.377. The molecule has 0 amide bonds. The lowest BCUT2D eigenvalue weighted by Gasteiger charge is -2.41. The summed E-state index contributed by atoms with van der Waals surface area (Å²) in [5, 5.41) is 4.79. The van der Waals surface area contributed by atoms with Gasteiger partial charge in [0.15, 0.2) is 0 Å². The predicted molar refractivity (Wildman–Crippen MR) is 73.3 cm³/mol. The minimum absolute atomic E-state index is 0.377. The Labute approximate surface area is 108 Å². The molecule has 1 aromatic rings. The Hall–Kier alpha value is -0.450. The molecule has 96 valence electrons. The van der Waals surface area contributed by atoms with Gasteiger partial charge < -0.3 is 11.1 Å². The van der Waals surface area contributed by atoms with E-state index in [0.717, 1.165) is 18.1 Å². The van der Waals surface area contributed by atoms with Crippen LogP contribution in [0.25, 0.3) is 0 Å². The van der Waals surface area contributed by atoms with E-state index in [-0.39, 0.29) is 0 Å². The van der Waals surface area contributed by atoms with Gasteiger partial charge in [0, 0.05) is 17.5 Å². The normalized spacial score (nSPS) is 20.0. The zero-order valence-electron chi connectivity index (χ0n) is 11.0. The molecule has 1 aliphatic carbocycles. The Morgan fingerprint density at radius 1 is 1.47 bits per heavy atom. The summed E-state index contributed by atoms with van der Waals surface area (Å²) in [6.07, 6.45) is 3.90. The second kappa shape index (κ2) is 5.04. The van der Waals surface area contributed by atoms with Crippen molar-refractivity contribution in [3.05, 3.63) is 15.6 Å². The molecule has 3 nitrogen and oxygen atoms in total. The molecule has 1 fully saturated rings. The molecule has 3 N–H and O–H groups in total. The van der Waals surface area contributed by atoms with E-state index in [1.54, 1.807) is 11.3 Å². The van der Waals surface area contributed by atoms with Gasteiger partial charge in [0.25, 0.3) is 0 Å². The molecule has 2 rings (SSSR count). The Morgan fingerprint density at radius 2 is 2.18 bits per heavy atom. The minimum Gasteiger partial charge on any atom is -0.330 e. The predicted octanol–water partition coefficient (Wildman–Crippen LogP) is 2.54. The van der Waals surface area contributed by atoms with Crippen LogP contribution in [0.15, 0.2) is 0 Å². The maximum absolute atomic E-state index is 5.88. The summed E-state index contributed by atoms with van der Waals surface area (Å²) in [5.74, 6) is 0. The monoisotopic (exact) mass is 253 g/mol. The Morgan fingerprint density at radius 3 is 2.59 bits per heavy atom. The average molecular weight is 253 g/mol. The van der Waals surface area contributed by atoms with Crippen LogP contribution >= 0.6 is 11.3 Å². The summed E-state index contributed by atoms with van der Waals surface area (Å²) in [6.45, 7) is 8.25. The SMILES string of the molecule is Cc1nc(C)c(C(C)NCC2(CN)CCC2)s1. The van der Waals surface area contributed by atoms with E-state index in [9.17, 15) is 0 Å². The highest BCUT2D eigenvalue weighted by Crippen LogP contribution is 2.39. The smallest absolute Gasteiger partial charge is 0.0900 e. The van der Waals surface area contributed by atoms with Gasteiger partial charge in [-0.1, -0.05) is 6.42 Å². The van der Waals surface area contributed by atoms with Gasteiger partial charge in [0.1, 0.15) is 0 Å². The molecule has 0 aliphatic heterocycles. The number of thiazole rings is 1. The molecule has 1 saturated carbocycles. The van der Waals surface area contributed by atoms with Crippen molar-refractivity contribution in [3.8, 4) is 0 Å². The number of nitrogens with one attached hydrogen (secondary N) is 1. The number of nitrogens with zero attached hydrogens (tertiary/aromatic N) is 1. The van der Waals surface area contributed by atoms with Gasteiger partial charge in [-0.3, -0.25) is 0 Å². The van der Waals surface area contributed by atoms with Crippen LogP contribution in [0.1, 0.15) is 47.8 Å². The van der Waals surface area contributed by atoms with Crippen molar-refractivity contribution in [2.45, 2.75) is 46.1 Å². The van der Waals surface area contributed by atoms with E-state index in [1.807, 2.05) is 0 Å². The van der Waals surface area contributed by atoms with Gasteiger partial charge >= 0.3 is 0 Å². The number of hydrogen-bond donors (Lipinski definition) is 2. The molecular weight excluding hydrogens is 230 g/mol. The first kappa shape index (κ1) is 13.0. The number of rotatable bonds is 5. The van der Waals surface area contributed by atoms with Crippen LogP contribution in [-0.4, -0.2) is 18.1 Å². The highest BCUT2D eigenvalue weighted by atomic mass is 32.1. The Balaban J connectivity index is 1.93. The van der Waals surface area contributed by atoms with Gasteiger partial charge in [-0.2, -0.15) is 0 Å². The van der Waals surface area contributed by atoms with Crippen LogP contribution < -0.4 is 11.1 Å². The fraction of sp³-hybridized carbons (Fsp3) is 0.769. The van der Waals surface area contributed by atoms with Crippen LogP contribution in [0.5, 0.6) is 0 Å². The maximum Gasteiger partial charge on any atom is 0.0900 e. The average Bonchev–Trinajstić information content (AvgIpc) is 2.57. The third kappa shape index (κ3) is 2.69. The summed E-state index contributed by atoms with van der Waals surface area (Å²) in [4.78, 5) is 5.85. The van der Waals surface area contributed by atoms with Gasteiger partial charge in [0.05, 0.1) is 10.7 Å². The van der Waals surface area contributed by atoms with Crippen molar-refractivity contribution in [1.82, 2.24) is 10.3 Å². The van der Waals surface area contributed by atoms with E-state index in [0.29, 0.717) is 11.5 Å². The highest BCUT2D eigenvalue weighted by molar-refractivity contribution is 7.11. The molecule has 1 atom stereocenters. The van der Waals surface area contributed by atoms with Crippen molar-refractivity contribution in [1.29, 1.82) is 0 Å². The molecular formula is C13H23N3S. The van der Waals surface area contributed by atoms with Crippen molar-refractivity contribution in [2.24, 2.45) is 11.1 Å². The number of aromatic nitrogens is 1.